The molecule has 2 aromatic carbocycles. The van der Waals surface area contributed by atoms with Crippen LogP contribution in [0.15, 0.2) is 42.5 Å². The molecule has 0 aromatic heterocycles. The summed E-state index contributed by atoms with van der Waals surface area (Å²) in [7, 11) is 0. The van der Waals surface area contributed by atoms with E-state index in [0.29, 0.717) is 5.56 Å². The van der Waals surface area contributed by atoms with Crippen LogP contribution in [0.5, 0.6) is 0 Å². The topological polar surface area (TPSA) is 26.0 Å². The van der Waals surface area contributed by atoms with Gasteiger partial charge >= 0.3 is 0 Å². The molecule has 0 aliphatic carbocycles. The highest BCUT2D eigenvalue weighted by Crippen LogP contribution is 2.29. The van der Waals surface area contributed by atoms with Gasteiger partial charge in [0, 0.05) is 0 Å². The Kier molecular flexibility index (Phi) is 3.18. The summed E-state index contributed by atoms with van der Waals surface area (Å²) in [5.74, 6) is -0.639. The number of rotatable bonds is 2. The third-order valence-electron chi connectivity index (χ3n) is 3.20. The van der Waals surface area contributed by atoms with Crippen LogP contribution in [0.4, 0.5) is 8.78 Å². The van der Waals surface area contributed by atoms with Crippen molar-refractivity contribution >= 4 is 0 Å². The van der Waals surface area contributed by atoms with Gasteiger partial charge in [-0.05, 0) is 54.8 Å². The predicted molar refractivity (Wildman–Crippen MR) is 68.2 cm³/mol. The van der Waals surface area contributed by atoms with E-state index in [2.05, 4.69) is 0 Å². The van der Waals surface area contributed by atoms with E-state index in [4.69, 9.17) is 5.73 Å². The Balaban J connectivity index is 2.53. The van der Waals surface area contributed by atoms with Crippen LogP contribution < -0.4 is 5.73 Å². The summed E-state index contributed by atoms with van der Waals surface area (Å²) in [6.07, 6.45) is 0. The van der Waals surface area contributed by atoms with E-state index in [1.807, 2.05) is 6.92 Å². The van der Waals surface area contributed by atoms with Crippen molar-refractivity contribution in [3.8, 4) is 0 Å². The fourth-order valence-electron chi connectivity index (χ4n) is 2.11. The van der Waals surface area contributed by atoms with Crippen molar-refractivity contribution in [2.45, 2.75) is 19.4 Å². The first-order valence-electron chi connectivity index (χ1n) is 5.73. The van der Waals surface area contributed by atoms with E-state index >= 15 is 0 Å². The van der Waals surface area contributed by atoms with Crippen LogP contribution in [0.3, 0.4) is 0 Å². The molecule has 0 aliphatic heterocycles. The number of benzene rings is 2. The summed E-state index contributed by atoms with van der Waals surface area (Å²) in [5, 5.41) is 0. The molecule has 3 heteroatoms. The minimum Gasteiger partial charge on any atom is -0.318 e. The molecule has 0 aliphatic rings. The molecule has 0 saturated carbocycles. The Labute approximate surface area is 105 Å². The SMILES string of the molecule is Cc1ccc(F)cc1C(C)(N)c1ccc(F)cc1. The van der Waals surface area contributed by atoms with E-state index < -0.39 is 5.54 Å². The van der Waals surface area contributed by atoms with Gasteiger partial charge in [0.2, 0.25) is 0 Å². The zero-order chi connectivity index (χ0) is 13.3. The summed E-state index contributed by atoms with van der Waals surface area (Å²) in [5.41, 5.74) is 7.80. The van der Waals surface area contributed by atoms with Gasteiger partial charge in [0.15, 0.2) is 0 Å². The van der Waals surface area contributed by atoms with Crippen molar-refractivity contribution < 1.29 is 8.78 Å². The minimum atomic E-state index is -0.847. The summed E-state index contributed by atoms with van der Waals surface area (Å²) >= 11 is 0. The number of nitrogens with two attached hydrogens (primary N) is 1. The van der Waals surface area contributed by atoms with Crippen LogP contribution in [0.1, 0.15) is 23.6 Å². The highest BCUT2D eigenvalue weighted by molar-refractivity contribution is 5.41. The highest BCUT2D eigenvalue weighted by atomic mass is 19.1. The molecule has 0 saturated heterocycles. The molecule has 94 valence electrons. The Morgan fingerprint density at radius 3 is 2.11 bits per heavy atom. The molecule has 2 aromatic rings. The van der Waals surface area contributed by atoms with Gasteiger partial charge in [-0.2, -0.15) is 0 Å². The van der Waals surface area contributed by atoms with Crippen molar-refractivity contribution in [2.24, 2.45) is 5.73 Å². The van der Waals surface area contributed by atoms with Crippen molar-refractivity contribution in [1.82, 2.24) is 0 Å². The van der Waals surface area contributed by atoms with Crippen LogP contribution in [0.2, 0.25) is 0 Å². The molecule has 0 heterocycles. The lowest BCUT2D eigenvalue weighted by molar-refractivity contribution is 0.573. The van der Waals surface area contributed by atoms with E-state index in [0.717, 1.165) is 11.1 Å². The van der Waals surface area contributed by atoms with Crippen LogP contribution in [-0.2, 0) is 5.54 Å². The van der Waals surface area contributed by atoms with E-state index in [1.165, 1.54) is 24.3 Å². The van der Waals surface area contributed by atoms with Crippen LogP contribution >= 0.6 is 0 Å². The lowest BCUT2D eigenvalue weighted by Crippen LogP contribution is -2.35. The lowest BCUT2D eigenvalue weighted by atomic mass is 9.83. The molecule has 18 heavy (non-hydrogen) atoms. The summed E-state index contributed by atoms with van der Waals surface area (Å²) in [4.78, 5) is 0. The van der Waals surface area contributed by atoms with E-state index in [-0.39, 0.29) is 11.6 Å². The second kappa shape index (κ2) is 4.50. The minimum absolute atomic E-state index is 0.314. The number of aryl methyl sites for hydroxylation is 1. The number of hydrogen-bond acceptors (Lipinski definition) is 1. The fourth-order valence-corrected chi connectivity index (χ4v) is 2.11. The molecule has 1 unspecified atom stereocenters. The maximum absolute atomic E-state index is 13.3. The molecule has 1 nitrogen and oxygen atoms in total. The summed E-state index contributed by atoms with van der Waals surface area (Å²) in [6.45, 7) is 3.67. The number of halogens is 2. The van der Waals surface area contributed by atoms with Crippen molar-refractivity contribution in [3.05, 3.63) is 70.8 Å². The van der Waals surface area contributed by atoms with Gasteiger partial charge in [0.25, 0.3) is 0 Å². The molecular weight excluding hydrogens is 232 g/mol. The molecular formula is C15H15F2N. The average molecular weight is 247 g/mol. The first-order chi connectivity index (χ1) is 8.41. The third-order valence-corrected chi connectivity index (χ3v) is 3.20. The first-order valence-corrected chi connectivity index (χ1v) is 5.73. The normalized spacial score (nSPS) is 14.3. The second-order valence-electron chi connectivity index (χ2n) is 4.67. The van der Waals surface area contributed by atoms with Gasteiger partial charge in [-0.25, -0.2) is 8.78 Å². The Morgan fingerprint density at radius 2 is 1.50 bits per heavy atom. The first kappa shape index (κ1) is 12.7. The maximum Gasteiger partial charge on any atom is 0.123 e. The largest absolute Gasteiger partial charge is 0.318 e. The molecule has 0 bridgehead atoms. The van der Waals surface area contributed by atoms with E-state index in [1.54, 1.807) is 25.1 Å². The van der Waals surface area contributed by atoms with Crippen LogP contribution in [-0.4, -0.2) is 0 Å². The summed E-state index contributed by atoms with van der Waals surface area (Å²) in [6, 6.07) is 10.5. The molecule has 0 amide bonds. The van der Waals surface area contributed by atoms with Gasteiger partial charge in [0.1, 0.15) is 11.6 Å². The molecule has 0 fully saturated rings. The Bertz CT molecular complexity index is 559. The van der Waals surface area contributed by atoms with Gasteiger partial charge in [0.05, 0.1) is 5.54 Å². The number of hydrogen-bond donors (Lipinski definition) is 1. The Morgan fingerprint density at radius 1 is 0.944 bits per heavy atom. The standard InChI is InChI=1S/C15H15F2N/c1-10-3-6-13(17)9-14(10)15(2,18)11-4-7-12(16)8-5-11/h3-9H,18H2,1-2H3. The molecule has 0 radical (unpaired) electrons. The molecule has 2 N–H and O–H groups in total. The highest BCUT2D eigenvalue weighted by Gasteiger charge is 2.25. The monoisotopic (exact) mass is 247 g/mol. The van der Waals surface area contributed by atoms with Gasteiger partial charge in [-0.15, -0.1) is 0 Å². The smallest absolute Gasteiger partial charge is 0.123 e. The average Bonchev–Trinajstić information content (AvgIpc) is 2.32. The lowest BCUT2D eigenvalue weighted by Gasteiger charge is -2.27. The van der Waals surface area contributed by atoms with Gasteiger partial charge in [-0.3, -0.25) is 0 Å². The zero-order valence-electron chi connectivity index (χ0n) is 10.4. The quantitative estimate of drug-likeness (QED) is 0.863. The third kappa shape index (κ3) is 2.27. The van der Waals surface area contributed by atoms with Gasteiger partial charge in [-0.1, -0.05) is 18.2 Å². The molecule has 2 rings (SSSR count). The van der Waals surface area contributed by atoms with Crippen LogP contribution in [0.25, 0.3) is 0 Å². The Hall–Kier alpha value is -1.74. The molecule has 0 spiro atoms. The fraction of sp³-hybridized carbons (Fsp3) is 0.200. The predicted octanol–water partition coefficient (Wildman–Crippen LogP) is 3.50. The van der Waals surface area contributed by atoms with Crippen LogP contribution in [0, 0.1) is 18.6 Å². The molecule has 1 atom stereocenters. The second-order valence-corrected chi connectivity index (χ2v) is 4.67. The van der Waals surface area contributed by atoms with Crippen molar-refractivity contribution in [3.63, 3.8) is 0 Å². The van der Waals surface area contributed by atoms with Gasteiger partial charge < -0.3 is 5.73 Å². The van der Waals surface area contributed by atoms with Crippen molar-refractivity contribution in [1.29, 1.82) is 0 Å². The van der Waals surface area contributed by atoms with E-state index in [9.17, 15) is 8.78 Å². The van der Waals surface area contributed by atoms with Crippen molar-refractivity contribution in [2.75, 3.05) is 0 Å². The maximum atomic E-state index is 13.3. The zero-order valence-corrected chi connectivity index (χ0v) is 10.4. The summed E-state index contributed by atoms with van der Waals surface area (Å²) < 4.78 is 26.3.